The number of hydrazine groups is 1. The lowest BCUT2D eigenvalue weighted by Gasteiger charge is -2.16. The highest BCUT2D eigenvalue weighted by Crippen LogP contribution is 2.14. The van der Waals surface area contributed by atoms with Crippen molar-refractivity contribution in [2.75, 3.05) is 6.61 Å². The van der Waals surface area contributed by atoms with Gasteiger partial charge in [0.2, 0.25) is 0 Å². The Morgan fingerprint density at radius 2 is 1.95 bits per heavy atom. The zero-order chi connectivity index (χ0) is 15.9. The van der Waals surface area contributed by atoms with E-state index in [2.05, 4.69) is 10.9 Å². The van der Waals surface area contributed by atoms with Crippen molar-refractivity contribution in [3.05, 3.63) is 35.9 Å². The Labute approximate surface area is 127 Å². The molecule has 1 aromatic carbocycles. The summed E-state index contributed by atoms with van der Waals surface area (Å²) in [6.07, 6.45) is -0.229. The minimum Gasteiger partial charge on any atom is -0.451 e. The van der Waals surface area contributed by atoms with E-state index in [0.717, 1.165) is 6.42 Å². The highest BCUT2D eigenvalue weighted by molar-refractivity contribution is 5.95. The molecule has 0 unspecified atom stereocenters. The fraction of sp³-hybridized carbons (Fsp3) is 0.400. The van der Waals surface area contributed by atoms with Crippen LogP contribution in [0, 0.1) is 0 Å². The van der Waals surface area contributed by atoms with Crippen LogP contribution in [0.5, 0.6) is 0 Å². The third kappa shape index (κ3) is 4.29. The number of rotatable bonds is 4. The molecule has 0 saturated carbocycles. The van der Waals surface area contributed by atoms with Gasteiger partial charge in [-0.3, -0.25) is 20.4 Å². The van der Waals surface area contributed by atoms with Gasteiger partial charge in [-0.15, -0.1) is 0 Å². The van der Waals surface area contributed by atoms with E-state index in [1.807, 2.05) is 0 Å². The molecule has 0 aliphatic carbocycles. The SMILES string of the molecule is C[C@@H](OC(=O)[C@H]1CCCO1)C(=O)NNC(=O)c1ccccc1. The van der Waals surface area contributed by atoms with Crippen LogP contribution in [0.15, 0.2) is 30.3 Å². The van der Waals surface area contributed by atoms with Crippen LogP contribution in [0.25, 0.3) is 0 Å². The standard InChI is InChI=1S/C15H18N2O5/c1-10(22-15(20)12-8-5-9-21-12)13(18)16-17-14(19)11-6-3-2-4-7-11/h2-4,6-7,10,12H,5,8-9H2,1H3,(H,16,18)(H,17,19)/t10-,12-/m1/s1. The molecule has 0 spiro atoms. The van der Waals surface area contributed by atoms with Crippen molar-refractivity contribution in [1.29, 1.82) is 0 Å². The molecular weight excluding hydrogens is 288 g/mol. The van der Waals surface area contributed by atoms with Crippen molar-refractivity contribution in [2.45, 2.75) is 32.0 Å². The second-order valence-corrected chi connectivity index (χ2v) is 4.89. The molecule has 7 nitrogen and oxygen atoms in total. The quantitative estimate of drug-likeness (QED) is 0.626. The fourth-order valence-corrected chi connectivity index (χ4v) is 1.95. The van der Waals surface area contributed by atoms with Gasteiger partial charge >= 0.3 is 5.97 Å². The Morgan fingerprint density at radius 1 is 1.23 bits per heavy atom. The van der Waals surface area contributed by atoms with Crippen LogP contribution >= 0.6 is 0 Å². The van der Waals surface area contributed by atoms with Gasteiger partial charge in [0.05, 0.1) is 0 Å². The molecule has 2 amide bonds. The normalized spacial score (nSPS) is 18.3. The van der Waals surface area contributed by atoms with Crippen molar-refractivity contribution in [3.63, 3.8) is 0 Å². The van der Waals surface area contributed by atoms with E-state index in [9.17, 15) is 14.4 Å². The number of hydrogen-bond acceptors (Lipinski definition) is 5. The monoisotopic (exact) mass is 306 g/mol. The lowest BCUT2D eigenvalue weighted by atomic mass is 10.2. The van der Waals surface area contributed by atoms with E-state index in [1.165, 1.54) is 6.92 Å². The van der Waals surface area contributed by atoms with Gasteiger partial charge in [-0.25, -0.2) is 4.79 Å². The third-order valence-electron chi connectivity index (χ3n) is 3.19. The predicted molar refractivity (Wildman–Crippen MR) is 76.6 cm³/mol. The van der Waals surface area contributed by atoms with Crippen LogP contribution in [0.1, 0.15) is 30.1 Å². The first-order valence-electron chi connectivity index (χ1n) is 7.05. The summed E-state index contributed by atoms with van der Waals surface area (Å²) in [6.45, 7) is 1.95. The molecule has 1 fully saturated rings. The van der Waals surface area contributed by atoms with Crippen molar-refractivity contribution in [2.24, 2.45) is 0 Å². The van der Waals surface area contributed by atoms with E-state index in [4.69, 9.17) is 9.47 Å². The van der Waals surface area contributed by atoms with E-state index in [-0.39, 0.29) is 0 Å². The van der Waals surface area contributed by atoms with Gasteiger partial charge in [0.15, 0.2) is 12.2 Å². The first-order chi connectivity index (χ1) is 10.6. The van der Waals surface area contributed by atoms with Crippen LogP contribution in [-0.4, -0.2) is 36.6 Å². The van der Waals surface area contributed by atoms with Gasteiger partial charge in [-0.2, -0.15) is 0 Å². The summed E-state index contributed by atoms with van der Waals surface area (Å²) in [4.78, 5) is 35.2. The molecule has 2 N–H and O–H groups in total. The van der Waals surface area contributed by atoms with Crippen LogP contribution in [0.3, 0.4) is 0 Å². The highest BCUT2D eigenvalue weighted by atomic mass is 16.6. The maximum atomic E-state index is 11.8. The van der Waals surface area contributed by atoms with Crippen molar-refractivity contribution < 1.29 is 23.9 Å². The molecule has 0 bridgehead atoms. The van der Waals surface area contributed by atoms with Gasteiger partial charge in [0.1, 0.15) is 0 Å². The van der Waals surface area contributed by atoms with Crippen LogP contribution in [0.4, 0.5) is 0 Å². The molecule has 0 radical (unpaired) electrons. The molecule has 1 aliphatic heterocycles. The maximum absolute atomic E-state index is 11.8. The Morgan fingerprint density at radius 3 is 2.59 bits per heavy atom. The van der Waals surface area contributed by atoms with Crippen LogP contribution < -0.4 is 10.9 Å². The second-order valence-electron chi connectivity index (χ2n) is 4.89. The Hall–Kier alpha value is -2.41. The van der Waals surface area contributed by atoms with Crippen LogP contribution in [-0.2, 0) is 19.1 Å². The minimum atomic E-state index is -1.02. The molecule has 1 aromatic rings. The first-order valence-corrected chi connectivity index (χ1v) is 7.05. The lowest BCUT2D eigenvalue weighted by molar-refractivity contribution is -0.163. The average molecular weight is 306 g/mol. The Kier molecular flexibility index (Phi) is 5.48. The Balaban J connectivity index is 1.76. The number of ether oxygens (including phenoxy) is 2. The topological polar surface area (TPSA) is 93.7 Å². The number of esters is 1. The number of carbonyl (C=O) groups excluding carboxylic acids is 3. The maximum Gasteiger partial charge on any atom is 0.336 e. The summed E-state index contributed by atoms with van der Waals surface area (Å²) in [5.74, 6) is -1.63. The summed E-state index contributed by atoms with van der Waals surface area (Å²) in [7, 11) is 0. The van der Waals surface area contributed by atoms with Gasteiger partial charge in [0, 0.05) is 12.2 Å². The smallest absolute Gasteiger partial charge is 0.336 e. The molecule has 1 aliphatic rings. The van der Waals surface area contributed by atoms with Gasteiger partial charge in [0.25, 0.3) is 11.8 Å². The Bertz CT molecular complexity index is 540. The summed E-state index contributed by atoms with van der Waals surface area (Å²) in [5.41, 5.74) is 4.89. The van der Waals surface area contributed by atoms with Gasteiger partial charge in [-0.05, 0) is 31.9 Å². The zero-order valence-electron chi connectivity index (χ0n) is 12.2. The molecule has 1 heterocycles. The molecular formula is C15H18N2O5. The van der Waals surface area contributed by atoms with Gasteiger partial charge < -0.3 is 9.47 Å². The molecule has 118 valence electrons. The largest absolute Gasteiger partial charge is 0.451 e. The van der Waals surface area contributed by atoms with E-state index in [1.54, 1.807) is 30.3 Å². The van der Waals surface area contributed by atoms with E-state index < -0.39 is 30.0 Å². The second kappa shape index (κ2) is 7.56. The zero-order valence-corrected chi connectivity index (χ0v) is 12.2. The fourth-order valence-electron chi connectivity index (χ4n) is 1.95. The summed E-state index contributed by atoms with van der Waals surface area (Å²) >= 11 is 0. The molecule has 22 heavy (non-hydrogen) atoms. The lowest BCUT2D eigenvalue weighted by Crippen LogP contribution is -2.47. The van der Waals surface area contributed by atoms with Crippen molar-refractivity contribution in [3.8, 4) is 0 Å². The minimum absolute atomic E-state index is 0.409. The third-order valence-corrected chi connectivity index (χ3v) is 3.19. The predicted octanol–water partition coefficient (Wildman–Crippen LogP) is 0.558. The number of amides is 2. The van der Waals surface area contributed by atoms with Crippen molar-refractivity contribution in [1.82, 2.24) is 10.9 Å². The highest BCUT2D eigenvalue weighted by Gasteiger charge is 2.28. The molecule has 7 heteroatoms. The van der Waals surface area contributed by atoms with Crippen LogP contribution in [0.2, 0.25) is 0 Å². The number of carbonyl (C=O) groups is 3. The molecule has 2 rings (SSSR count). The van der Waals surface area contributed by atoms with Gasteiger partial charge in [-0.1, -0.05) is 18.2 Å². The van der Waals surface area contributed by atoms with E-state index in [0.29, 0.717) is 18.6 Å². The average Bonchev–Trinajstić information content (AvgIpc) is 3.07. The number of benzene rings is 1. The molecule has 0 aromatic heterocycles. The summed E-state index contributed by atoms with van der Waals surface area (Å²) < 4.78 is 10.2. The van der Waals surface area contributed by atoms with E-state index >= 15 is 0 Å². The first kappa shape index (κ1) is 16.0. The number of hydrogen-bond donors (Lipinski definition) is 2. The van der Waals surface area contributed by atoms with Crippen molar-refractivity contribution >= 4 is 17.8 Å². The molecule has 2 atom stereocenters. The summed E-state index contributed by atoms with van der Waals surface area (Å²) in [6, 6.07) is 8.43. The summed E-state index contributed by atoms with van der Waals surface area (Å²) in [5, 5.41) is 0. The molecule has 1 saturated heterocycles. The number of nitrogens with one attached hydrogen (secondary N) is 2.